The summed E-state index contributed by atoms with van der Waals surface area (Å²) in [5.41, 5.74) is -1.42. The molecular weight excluding hydrogens is 524 g/mol. The van der Waals surface area contributed by atoms with E-state index in [4.69, 9.17) is 4.74 Å². The minimum atomic E-state index is -1.00. The first-order valence-corrected chi connectivity index (χ1v) is 14.9. The Labute approximate surface area is 246 Å². The van der Waals surface area contributed by atoms with Gasteiger partial charge < -0.3 is 25.6 Å². The summed E-state index contributed by atoms with van der Waals surface area (Å²) in [6.07, 6.45) is 4.72. The maximum atomic E-state index is 14.0. The van der Waals surface area contributed by atoms with E-state index in [0.29, 0.717) is 31.7 Å². The molecule has 0 aromatic carbocycles. The lowest BCUT2D eigenvalue weighted by atomic mass is 9.85. The SMILES string of the molecule is C=CCNC(=O)C(=O)C(CCCC)NC(=O)[C@@H]1C[C@@H](CCC(C)C)CN1C(=O)[C@@H](NC(=O)OC(C)(C)C)C(C)(C)C. The van der Waals surface area contributed by atoms with Crippen LogP contribution in [0.2, 0.25) is 0 Å². The number of likely N-dealkylation sites (tertiary alicyclic amines) is 1. The molecule has 4 amide bonds. The highest BCUT2D eigenvalue weighted by atomic mass is 16.6. The first-order chi connectivity index (χ1) is 18.9. The number of nitrogens with zero attached hydrogens (tertiary/aromatic N) is 1. The summed E-state index contributed by atoms with van der Waals surface area (Å²) < 4.78 is 5.42. The van der Waals surface area contributed by atoms with E-state index in [1.807, 2.05) is 27.7 Å². The second kappa shape index (κ2) is 15.9. The molecule has 1 heterocycles. The Bertz CT molecular complexity index is 934. The number of amides is 4. The molecule has 10 nitrogen and oxygen atoms in total. The minimum absolute atomic E-state index is 0.0833. The van der Waals surface area contributed by atoms with Crippen molar-refractivity contribution in [3.05, 3.63) is 12.7 Å². The summed E-state index contributed by atoms with van der Waals surface area (Å²) in [6.45, 7) is 21.0. The van der Waals surface area contributed by atoms with E-state index in [0.717, 1.165) is 19.3 Å². The van der Waals surface area contributed by atoms with Crippen LogP contribution in [-0.4, -0.2) is 71.3 Å². The van der Waals surface area contributed by atoms with Gasteiger partial charge in [-0.05, 0) is 57.3 Å². The smallest absolute Gasteiger partial charge is 0.408 e. The van der Waals surface area contributed by atoms with Crippen molar-refractivity contribution < 1.29 is 28.7 Å². The molecule has 0 radical (unpaired) electrons. The number of carbonyl (C=O) groups is 5. The van der Waals surface area contributed by atoms with E-state index in [2.05, 4.69) is 36.4 Å². The van der Waals surface area contributed by atoms with Crippen molar-refractivity contribution in [3.8, 4) is 0 Å². The molecule has 0 aromatic heterocycles. The fourth-order valence-corrected chi connectivity index (χ4v) is 4.79. The third-order valence-corrected chi connectivity index (χ3v) is 7.01. The highest BCUT2D eigenvalue weighted by Gasteiger charge is 2.45. The lowest BCUT2D eigenvalue weighted by Crippen LogP contribution is -2.59. The monoisotopic (exact) mass is 578 g/mol. The van der Waals surface area contributed by atoms with Gasteiger partial charge in [0.25, 0.3) is 5.91 Å². The Morgan fingerprint density at radius 2 is 1.66 bits per heavy atom. The third-order valence-electron chi connectivity index (χ3n) is 7.01. The summed E-state index contributed by atoms with van der Waals surface area (Å²) in [5, 5.41) is 8.01. The predicted octanol–water partition coefficient (Wildman–Crippen LogP) is 4.13. The molecule has 41 heavy (non-hydrogen) atoms. The lowest BCUT2D eigenvalue weighted by Gasteiger charge is -2.36. The Morgan fingerprint density at radius 3 is 2.17 bits per heavy atom. The maximum absolute atomic E-state index is 14.0. The molecule has 0 aliphatic carbocycles. The van der Waals surface area contributed by atoms with Crippen molar-refractivity contribution in [2.24, 2.45) is 17.3 Å². The van der Waals surface area contributed by atoms with Crippen LogP contribution >= 0.6 is 0 Å². The molecular formula is C31H54N4O6. The molecule has 1 fully saturated rings. The van der Waals surface area contributed by atoms with Gasteiger partial charge in [-0.15, -0.1) is 6.58 Å². The summed E-state index contributed by atoms with van der Waals surface area (Å²) in [7, 11) is 0. The van der Waals surface area contributed by atoms with Gasteiger partial charge in [0, 0.05) is 13.1 Å². The summed E-state index contributed by atoms with van der Waals surface area (Å²) in [4.78, 5) is 67.3. The van der Waals surface area contributed by atoms with Crippen molar-refractivity contribution >= 4 is 29.6 Å². The number of Topliss-reactive ketones (excluding diaryl/α,β-unsaturated/α-hetero) is 1. The van der Waals surface area contributed by atoms with Crippen LogP contribution in [0.1, 0.15) is 101 Å². The van der Waals surface area contributed by atoms with Crippen LogP contribution in [-0.2, 0) is 23.9 Å². The molecule has 0 saturated carbocycles. The van der Waals surface area contributed by atoms with E-state index in [9.17, 15) is 24.0 Å². The van der Waals surface area contributed by atoms with E-state index < -0.39 is 52.8 Å². The molecule has 234 valence electrons. The minimum Gasteiger partial charge on any atom is -0.444 e. The first kappa shape index (κ1) is 36.1. The maximum Gasteiger partial charge on any atom is 0.408 e. The van der Waals surface area contributed by atoms with Crippen molar-refractivity contribution in [1.29, 1.82) is 0 Å². The number of alkyl carbamates (subject to hydrolysis) is 1. The second-order valence-electron chi connectivity index (χ2n) is 13.6. The molecule has 0 bridgehead atoms. The molecule has 1 rings (SSSR count). The Kier molecular flexibility index (Phi) is 14.0. The largest absolute Gasteiger partial charge is 0.444 e. The highest BCUT2D eigenvalue weighted by Crippen LogP contribution is 2.32. The van der Waals surface area contributed by atoms with Crippen molar-refractivity contribution in [1.82, 2.24) is 20.9 Å². The van der Waals surface area contributed by atoms with Gasteiger partial charge in [0.15, 0.2) is 0 Å². The van der Waals surface area contributed by atoms with Gasteiger partial charge in [-0.1, -0.05) is 66.9 Å². The van der Waals surface area contributed by atoms with Gasteiger partial charge in [-0.25, -0.2) is 4.79 Å². The summed E-state index contributed by atoms with van der Waals surface area (Å²) >= 11 is 0. The van der Waals surface area contributed by atoms with Gasteiger partial charge in [0.05, 0.1) is 6.04 Å². The van der Waals surface area contributed by atoms with Crippen LogP contribution in [0.25, 0.3) is 0 Å². The van der Waals surface area contributed by atoms with Crippen molar-refractivity contribution in [2.45, 2.75) is 125 Å². The van der Waals surface area contributed by atoms with Crippen LogP contribution in [0.5, 0.6) is 0 Å². The molecule has 0 aromatic rings. The van der Waals surface area contributed by atoms with E-state index in [1.54, 1.807) is 20.8 Å². The number of hydrogen-bond acceptors (Lipinski definition) is 6. The molecule has 1 aliphatic rings. The number of nitrogens with one attached hydrogen (secondary N) is 3. The summed E-state index contributed by atoms with van der Waals surface area (Å²) in [5.74, 6) is -1.81. The predicted molar refractivity (Wildman–Crippen MR) is 160 cm³/mol. The molecule has 0 spiro atoms. The van der Waals surface area contributed by atoms with E-state index in [1.165, 1.54) is 11.0 Å². The number of carbonyl (C=O) groups excluding carboxylic acids is 5. The Hall–Kier alpha value is -2.91. The number of rotatable bonds is 14. The lowest BCUT2D eigenvalue weighted by molar-refractivity contribution is -0.144. The third kappa shape index (κ3) is 12.2. The average molecular weight is 579 g/mol. The fourth-order valence-electron chi connectivity index (χ4n) is 4.79. The molecule has 1 unspecified atom stereocenters. The number of ketones is 1. The van der Waals surface area contributed by atoms with Gasteiger partial charge in [-0.2, -0.15) is 0 Å². The molecule has 4 atom stereocenters. The standard InChI is InChI=1S/C31H54N4O6/c1-11-13-14-22(24(36)27(38)32-17-12-2)33-26(37)23-18-21(16-15-20(3)4)19-35(23)28(39)25(30(5,6)7)34-29(40)41-31(8,9)10/h12,20-23,25H,2,11,13-19H2,1,3-10H3,(H,32,38)(H,33,37)(H,34,40)/t21-,22?,23+,25-/m1/s1. The topological polar surface area (TPSA) is 134 Å². The van der Waals surface area contributed by atoms with E-state index >= 15 is 0 Å². The number of unbranched alkanes of at least 4 members (excludes halogenated alkanes) is 1. The normalized spacial score (nSPS) is 18.8. The molecule has 10 heteroatoms. The zero-order valence-electron chi connectivity index (χ0n) is 26.7. The fraction of sp³-hybridized carbons (Fsp3) is 0.774. The zero-order valence-corrected chi connectivity index (χ0v) is 26.7. The Morgan fingerprint density at radius 1 is 1.02 bits per heavy atom. The number of hydrogen-bond donors (Lipinski definition) is 3. The Balaban J connectivity index is 3.29. The second-order valence-corrected chi connectivity index (χ2v) is 13.6. The molecule has 1 aliphatic heterocycles. The van der Waals surface area contributed by atoms with Crippen molar-refractivity contribution in [2.75, 3.05) is 13.1 Å². The van der Waals surface area contributed by atoms with E-state index in [-0.39, 0.29) is 18.4 Å². The first-order valence-electron chi connectivity index (χ1n) is 14.9. The quantitative estimate of drug-likeness (QED) is 0.210. The van der Waals surface area contributed by atoms with Crippen molar-refractivity contribution in [3.63, 3.8) is 0 Å². The zero-order chi connectivity index (χ0) is 31.5. The van der Waals surface area contributed by atoms with Crippen LogP contribution in [0.4, 0.5) is 4.79 Å². The van der Waals surface area contributed by atoms with Gasteiger partial charge in [-0.3, -0.25) is 19.2 Å². The average Bonchev–Trinajstić information content (AvgIpc) is 3.29. The highest BCUT2D eigenvalue weighted by molar-refractivity contribution is 6.38. The van der Waals surface area contributed by atoms with Crippen LogP contribution < -0.4 is 16.0 Å². The van der Waals surface area contributed by atoms with Gasteiger partial charge in [0.1, 0.15) is 17.7 Å². The van der Waals surface area contributed by atoms with Crippen LogP contribution in [0, 0.1) is 17.3 Å². The van der Waals surface area contributed by atoms with Crippen LogP contribution in [0.3, 0.4) is 0 Å². The molecule has 3 N–H and O–H groups in total. The number of ether oxygens (including phenoxy) is 1. The summed E-state index contributed by atoms with van der Waals surface area (Å²) in [6, 6.07) is -2.78. The van der Waals surface area contributed by atoms with Gasteiger partial charge in [0.2, 0.25) is 17.6 Å². The molecule has 1 saturated heterocycles. The van der Waals surface area contributed by atoms with Gasteiger partial charge >= 0.3 is 6.09 Å². The van der Waals surface area contributed by atoms with Crippen LogP contribution in [0.15, 0.2) is 12.7 Å².